The summed E-state index contributed by atoms with van der Waals surface area (Å²) < 4.78 is 2.72. The number of aromatic nitrogens is 2. The van der Waals surface area contributed by atoms with Crippen LogP contribution in [0.5, 0.6) is 0 Å². The molecule has 0 saturated carbocycles. The van der Waals surface area contributed by atoms with Gasteiger partial charge < -0.3 is 5.11 Å². The SMILES string of the molecule is CCn1ncc(Br)c1C(C)(O)CC(C)C. The van der Waals surface area contributed by atoms with Crippen molar-refractivity contribution in [3.05, 3.63) is 16.4 Å². The van der Waals surface area contributed by atoms with E-state index in [-0.39, 0.29) is 0 Å². The third kappa shape index (κ3) is 2.82. The second-order valence-electron chi connectivity index (χ2n) is 4.53. The molecule has 1 aromatic heterocycles. The Kier molecular flexibility index (Phi) is 3.95. The van der Waals surface area contributed by atoms with Crippen LogP contribution in [-0.2, 0) is 12.1 Å². The van der Waals surface area contributed by atoms with Crippen LogP contribution < -0.4 is 0 Å². The zero-order valence-electron chi connectivity index (χ0n) is 9.79. The minimum atomic E-state index is -0.820. The molecule has 1 rings (SSSR count). The largest absolute Gasteiger partial charge is 0.384 e. The van der Waals surface area contributed by atoms with Gasteiger partial charge in [-0.05, 0) is 42.1 Å². The molecule has 0 aliphatic rings. The highest BCUT2D eigenvalue weighted by Crippen LogP contribution is 2.33. The summed E-state index contributed by atoms with van der Waals surface area (Å²) >= 11 is 3.44. The van der Waals surface area contributed by atoms with Gasteiger partial charge >= 0.3 is 0 Å². The van der Waals surface area contributed by atoms with Crippen LogP contribution in [0.25, 0.3) is 0 Å². The van der Waals surface area contributed by atoms with E-state index in [1.165, 1.54) is 0 Å². The average Bonchev–Trinajstić information content (AvgIpc) is 2.44. The molecule has 4 heteroatoms. The summed E-state index contributed by atoms with van der Waals surface area (Å²) in [4.78, 5) is 0. The summed E-state index contributed by atoms with van der Waals surface area (Å²) in [6.07, 6.45) is 2.48. The van der Waals surface area contributed by atoms with Gasteiger partial charge in [-0.2, -0.15) is 5.10 Å². The van der Waals surface area contributed by atoms with Gasteiger partial charge in [0, 0.05) is 6.54 Å². The lowest BCUT2D eigenvalue weighted by atomic mass is 9.91. The number of aryl methyl sites for hydroxylation is 1. The Morgan fingerprint density at radius 3 is 2.67 bits per heavy atom. The van der Waals surface area contributed by atoms with E-state index in [1.54, 1.807) is 6.20 Å². The van der Waals surface area contributed by atoms with Crippen LogP contribution in [0.3, 0.4) is 0 Å². The summed E-state index contributed by atoms with van der Waals surface area (Å²) in [6, 6.07) is 0. The first-order valence-electron chi connectivity index (χ1n) is 5.32. The van der Waals surface area contributed by atoms with E-state index >= 15 is 0 Å². The quantitative estimate of drug-likeness (QED) is 0.917. The molecule has 0 fully saturated rings. The first-order valence-corrected chi connectivity index (χ1v) is 6.12. The molecule has 0 aliphatic heterocycles. The molecule has 3 nitrogen and oxygen atoms in total. The maximum Gasteiger partial charge on any atom is 0.105 e. The summed E-state index contributed by atoms with van der Waals surface area (Å²) in [7, 11) is 0. The lowest BCUT2D eigenvalue weighted by Gasteiger charge is -2.26. The third-order valence-electron chi connectivity index (χ3n) is 2.41. The predicted octanol–water partition coefficient (Wildman–Crippen LogP) is 2.92. The predicted molar refractivity (Wildman–Crippen MR) is 64.6 cm³/mol. The summed E-state index contributed by atoms with van der Waals surface area (Å²) in [5.74, 6) is 0.451. The number of hydrogen-bond acceptors (Lipinski definition) is 2. The zero-order valence-corrected chi connectivity index (χ0v) is 11.4. The van der Waals surface area contributed by atoms with Gasteiger partial charge in [0.2, 0.25) is 0 Å². The van der Waals surface area contributed by atoms with Crippen LogP contribution in [0.2, 0.25) is 0 Å². The van der Waals surface area contributed by atoms with Crippen LogP contribution in [0, 0.1) is 5.92 Å². The second kappa shape index (κ2) is 4.66. The fourth-order valence-corrected chi connectivity index (χ4v) is 2.75. The molecule has 0 spiro atoms. The minimum Gasteiger partial charge on any atom is -0.384 e. The Labute approximate surface area is 99.6 Å². The normalized spacial score (nSPS) is 15.7. The van der Waals surface area contributed by atoms with Gasteiger partial charge in [-0.3, -0.25) is 4.68 Å². The fourth-order valence-electron chi connectivity index (χ4n) is 2.03. The maximum absolute atomic E-state index is 10.4. The smallest absolute Gasteiger partial charge is 0.105 e. The van der Waals surface area contributed by atoms with E-state index in [4.69, 9.17) is 0 Å². The Balaban J connectivity index is 3.07. The molecular weight excluding hydrogens is 256 g/mol. The number of hydrogen-bond donors (Lipinski definition) is 1. The lowest BCUT2D eigenvalue weighted by molar-refractivity contribution is 0.0253. The first kappa shape index (κ1) is 12.7. The standard InChI is InChI=1S/C11H19BrN2O/c1-5-14-10(9(12)7-13-14)11(4,15)6-8(2)3/h7-8,15H,5-6H2,1-4H3. The van der Waals surface area contributed by atoms with Gasteiger partial charge in [-0.1, -0.05) is 13.8 Å². The molecule has 1 atom stereocenters. The highest BCUT2D eigenvalue weighted by atomic mass is 79.9. The molecule has 1 aromatic rings. The average molecular weight is 275 g/mol. The Bertz CT molecular complexity index is 331. The fraction of sp³-hybridized carbons (Fsp3) is 0.727. The number of halogens is 1. The van der Waals surface area contributed by atoms with Crippen molar-refractivity contribution in [3.63, 3.8) is 0 Å². The van der Waals surface area contributed by atoms with Crippen LogP contribution >= 0.6 is 15.9 Å². The van der Waals surface area contributed by atoms with Gasteiger partial charge in [0.05, 0.1) is 16.4 Å². The molecule has 1 N–H and O–H groups in total. The van der Waals surface area contributed by atoms with Crippen molar-refractivity contribution < 1.29 is 5.11 Å². The molecule has 0 amide bonds. The van der Waals surface area contributed by atoms with Crippen LogP contribution in [0.1, 0.15) is 39.8 Å². The lowest BCUT2D eigenvalue weighted by Crippen LogP contribution is -2.27. The van der Waals surface area contributed by atoms with E-state index in [2.05, 4.69) is 34.9 Å². The van der Waals surface area contributed by atoms with Gasteiger partial charge in [-0.25, -0.2) is 0 Å². The highest BCUT2D eigenvalue weighted by molar-refractivity contribution is 9.10. The maximum atomic E-state index is 10.4. The van der Waals surface area contributed by atoms with Gasteiger partial charge in [-0.15, -0.1) is 0 Å². The van der Waals surface area contributed by atoms with Crippen molar-refractivity contribution in [1.82, 2.24) is 9.78 Å². The molecule has 0 bridgehead atoms. The molecule has 0 saturated heterocycles. The monoisotopic (exact) mass is 274 g/mol. The van der Waals surface area contributed by atoms with Gasteiger partial charge in [0.25, 0.3) is 0 Å². The van der Waals surface area contributed by atoms with E-state index in [0.717, 1.165) is 23.1 Å². The Morgan fingerprint density at radius 2 is 2.20 bits per heavy atom. The number of rotatable bonds is 4. The molecule has 0 aromatic carbocycles. The van der Waals surface area contributed by atoms with E-state index in [1.807, 2.05) is 18.5 Å². The first-order chi connectivity index (χ1) is 6.88. The highest BCUT2D eigenvalue weighted by Gasteiger charge is 2.30. The molecule has 1 heterocycles. The molecule has 0 radical (unpaired) electrons. The van der Waals surface area contributed by atoms with Gasteiger partial charge in [0.1, 0.15) is 5.60 Å². The number of nitrogens with zero attached hydrogens (tertiary/aromatic N) is 2. The van der Waals surface area contributed by atoms with Crippen molar-refractivity contribution in [3.8, 4) is 0 Å². The van der Waals surface area contributed by atoms with Crippen molar-refractivity contribution in [2.75, 3.05) is 0 Å². The van der Waals surface area contributed by atoms with Crippen LogP contribution in [0.4, 0.5) is 0 Å². The van der Waals surface area contributed by atoms with Crippen molar-refractivity contribution in [1.29, 1.82) is 0 Å². The Morgan fingerprint density at radius 1 is 1.60 bits per heavy atom. The van der Waals surface area contributed by atoms with Crippen molar-refractivity contribution >= 4 is 15.9 Å². The van der Waals surface area contributed by atoms with E-state index < -0.39 is 5.60 Å². The zero-order chi connectivity index (χ0) is 11.6. The second-order valence-corrected chi connectivity index (χ2v) is 5.38. The topological polar surface area (TPSA) is 38.0 Å². The van der Waals surface area contributed by atoms with E-state index in [9.17, 15) is 5.11 Å². The summed E-state index contributed by atoms with van der Waals surface area (Å²) in [6.45, 7) is 8.86. The molecule has 0 aliphatic carbocycles. The summed E-state index contributed by atoms with van der Waals surface area (Å²) in [5, 5.41) is 14.7. The van der Waals surface area contributed by atoms with Crippen LogP contribution in [0.15, 0.2) is 10.7 Å². The van der Waals surface area contributed by atoms with E-state index in [0.29, 0.717) is 5.92 Å². The number of aliphatic hydroxyl groups is 1. The third-order valence-corrected chi connectivity index (χ3v) is 2.99. The molecular formula is C11H19BrN2O. The molecule has 86 valence electrons. The Hall–Kier alpha value is -0.350. The minimum absolute atomic E-state index is 0.451. The summed E-state index contributed by atoms with van der Waals surface area (Å²) in [5.41, 5.74) is 0.0539. The van der Waals surface area contributed by atoms with Crippen LogP contribution in [-0.4, -0.2) is 14.9 Å². The molecule has 1 unspecified atom stereocenters. The van der Waals surface area contributed by atoms with Crippen molar-refractivity contribution in [2.45, 2.75) is 46.3 Å². The molecule has 15 heavy (non-hydrogen) atoms. The van der Waals surface area contributed by atoms with Crippen molar-refractivity contribution in [2.24, 2.45) is 5.92 Å². The van der Waals surface area contributed by atoms with Gasteiger partial charge in [0.15, 0.2) is 0 Å².